The van der Waals surface area contributed by atoms with Crippen LogP contribution in [0.25, 0.3) is 0 Å². The van der Waals surface area contributed by atoms with Crippen LogP contribution in [-0.2, 0) is 16.9 Å². The molecule has 1 saturated heterocycles. The Morgan fingerprint density at radius 3 is 2.46 bits per heavy atom. The summed E-state index contributed by atoms with van der Waals surface area (Å²) in [5.41, 5.74) is 4.26. The Morgan fingerprint density at radius 2 is 1.73 bits per heavy atom. The summed E-state index contributed by atoms with van der Waals surface area (Å²) in [4.78, 5) is 17.4. The highest BCUT2D eigenvalue weighted by Crippen LogP contribution is 2.44. The number of ether oxygens (including phenoxy) is 1. The highest BCUT2D eigenvalue weighted by atomic mass is 35.5. The van der Waals surface area contributed by atoms with Gasteiger partial charge in [0.25, 0.3) is 5.91 Å². The van der Waals surface area contributed by atoms with Gasteiger partial charge < -0.3 is 14.5 Å². The van der Waals surface area contributed by atoms with E-state index in [1.165, 1.54) is 11.1 Å². The zero-order valence-corrected chi connectivity index (χ0v) is 23.2. The van der Waals surface area contributed by atoms with Crippen molar-refractivity contribution in [1.82, 2.24) is 9.80 Å². The maximum absolute atomic E-state index is 13.1. The van der Waals surface area contributed by atoms with E-state index in [0.29, 0.717) is 33.8 Å². The Hall–Kier alpha value is -2.08. The Morgan fingerprint density at radius 1 is 1.00 bits per heavy atom. The number of benzene rings is 3. The van der Waals surface area contributed by atoms with Gasteiger partial charge in [0, 0.05) is 43.2 Å². The molecule has 0 aliphatic carbocycles. The molecule has 3 aromatic rings. The predicted molar refractivity (Wildman–Crippen MR) is 151 cm³/mol. The van der Waals surface area contributed by atoms with E-state index in [1.807, 2.05) is 25.2 Å². The van der Waals surface area contributed by atoms with Gasteiger partial charge in [0.05, 0.1) is 22.3 Å². The molecule has 5 rings (SSSR count). The van der Waals surface area contributed by atoms with Crippen LogP contribution in [0.3, 0.4) is 0 Å². The molecular weight excluding hydrogens is 527 g/mol. The molecule has 2 aliphatic rings. The number of fused-ring (bicyclic) bond motifs is 2. The van der Waals surface area contributed by atoms with E-state index in [1.54, 1.807) is 29.2 Å². The molecule has 7 heteroatoms. The number of carbonyl (C=O) groups excluding carboxylic acids is 1. The first-order chi connectivity index (χ1) is 17.8. The molecule has 0 aromatic heterocycles. The Kier molecular flexibility index (Phi) is 8.13. The first-order valence-electron chi connectivity index (χ1n) is 12.8. The number of carbonyl (C=O) groups is 1. The second kappa shape index (κ2) is 11.3. The third-order valence-electron chi connectivity index (χ3n) is 7.82. The van der Waals surface area contributed by atoms with Gasteiger partial charge in [-0.25, -0.2) is 0 Å². The fraction of sp³-hybridized carbons (Fsp3) is 0.367. The normalized spacial score (nSPS) is 17.5. The van der Waals surface area contributed by atoms with Crippen molar-refractivity contribution in [3.8, 4) is 0 Å². The lowest BCUT2D eigenvalue weighted by molar-refractivity contribution is -0.0790. The zero-order chi connectivity index (χ0) is 26.0. The standard InChI is InChI=1S/C30H31Cl3N2O2/c1-34(29(36)21-6-9-25(31)10-7-21)19-23(22-8-11-27(32)28(33)18-22)12-15-35-16-13-30(14-17-35)26-5-3-2-4-24(26)20-37-30/h2-11,18,23H,12-17,19-20H2,1H3/t23-/m0/s1. The summed E-state index contributed by atoms with van der Waals surface area (Å²) in [6, 6.07) is 21.4. The van der Waals surface area contributed by atoms with Gasteiger partial charge in [0.15, 0.2) is 0 Å². The smallest absolute Gasteiger partial charge is 0.253 e. The lowest BCUT2D eigenvalue weighted by Gasteiger charge is -2.40. The van der Waals surface area contributed by atoms with Gasteiger partial charge >= 0.3 is 0 Å². The van der Waals surface area contributed by atoms with Crippen LogP contribution in [0.1, 0.15) is 52.2 Å². The van der Waals surface area contributed by atoms with Crippen molar-refractivity contribution in [2.45, 2.75) is 37.4 Å². The van der Waals surface area contributed by atoms with Crippen LogP contribution in [0.4, 0.5) is 0 Å². The Bertz CT molecular complexity index is 1260. The summed E-state index contributed by atoms with van der Waals surface area (Å²) < 4.78 is 6.34. The molecule has 37 heavy (non-hydrogen) atoms. The van der Waals surface area contributed by atoms with Crippen LogP contribution in [0.2, 0.25) is 15.1 Å². The number of hydrogen-bond acceptors (Lipinski definition) is 3. The van der Waals surface area contributed by atoms with Crippen molar-refractivity contribution in [3.63, 3.8) is 0 Å². The molecule has 3 aromatic carbocycles. The molecule has 1 fully saturated rings. The van der Waals surface area contributed by atoms with Gasteiger partial charge in [-0.3, -0.25) is 4.79 Å². The summed E-state index contributed by atoms with van der Waals surface area (Å²) in [6.45, 7) is 4.20. The van der Waals surface area contributed by atoms with Crippen molar-refractivity contribution < 1.29 is 9.53 Å². The van der Waals surface area contributed by atoms with E-state index in [0.717, 1.165) is 44.5 Å². The molecule has 194 valence electrons. The van der Waals surface area contributed by atoms with Crippen LogP contribution in [-0.4, -0.2) is 48.9 Å². The molecular formula is C30H31Cl3N2O2. The summed E-state index contributed by atoms with van der Waals surface area (Å²) in [5, 5.41) is 1.68. The summed E-state index contributed by atoms with van der Waals surface area (Å²) in [5.74, 6) is 0.0917. The summed E-state index contributed by atoms with van der Waals surface area (Å²) in [7, 11) is 1.85. The SMILES string of the molecule is CN(C[C@H](CCN1CCC2(CC1)OCc1ccccc12)c1ccc(Cl)c(Cl)c1)C(=O)c1ccc(Cl)cc1. The minimum atomic E-state index is -0.137. The average molecular weight is 558 g/mol. The van der Waals surface area contributed by atoms with Crippen molar-refractivity contribution in [2.75, 3.05) is 33.2 Å². The monoisotopic (exact) mass is 556 g/mol. The molecule has 0 unspecified atom stereocenters. The number of rotatable bonds is 7. The topological polar surface area (TPSA) is 32.8 Å². The minimum absolute atomic E-state index is 0.0290. The number of halogens is 3. The predicted octanol–water partition coefficient (Wildman–Crippen LogP) is 7.41. The fourth-order valence-corrected chi connectivity index (χ4v) is 6.06. The van der Waals surface area contributed by atoms with Gasteiger partial charge in [-0.2, -0.15) is 0 Å². The van der Waals surface area contributed by atoms with E-state index in [2.05, 4.69) is 29.2 Å². The van der Waals surface area contributed by atoms with E-state index >= 15 is 0 Å². The molecule has 2 aliphatic heterocycles. The lowest BCUT2D eigenvalue weighted by atomic mass is 9.83. The largest absolute Gasteiger partial charge is 0.365 e. The molecule has 0 saturated carbocycles. The van der Waals surface area contributed by atoms with Gasteiger partial charge in [0.2, 0.25) is 0 Å². The quantitative estimate of drug-likeness (QED) is 0.303. The number of hydrogen-bond donors (Lipinski definition) is 0. The first-order valence-corrected chi connectivity index (χ1v) is 13.9. The second-order valence-corrected chi connectivity index (χ2v) is 11.4. The van der Waals surface area contributed by atoms with Crippen molar-refractivity contribution >= 4 is 40.7 Å². The fourth-order valence-electron chi connectivity index (χ4n) is 5.63. The van der Waals surface area contributed by atoms with Crippen LogP contribution < -0.4 is 0 Å². The molecule has 0 N–H and O–H groups in total. The minimum Gasteiger partial charge on any atom is -0.365 e. The van der Waals surface area contributed by atoms with E-state index in [-0.39, 0.29) is 17.4 Å². The molecule has 2 heterocycles. The lowest BCUT2D eigenvalue weighted by Crippen LogP contribution is -2.43. The summed E-state index contributed by atoms with van der Waals surface area (Å²) >= 11 is 18.6. The second-order valence-electron chi connectivity index (χ2n) is 10.1. The van der Waals surface area contributed by atoms with E-state index in [4.69, 9.17) is 39.5 Å². The number of amides is 1. The van der Waals surface area contributed by atoms with Crippen LogP contribution >= 0.6 is 34.8 Å². The molecule has 1 spiro atoms. The zero-order valence-electron chi connectivity index (χ0n) is 20.9. The first kappa shape index (κ1) is 26.5. The Labute approximate surface area is 234 Å². The molecule has 1 amide bonds. The van der Waals surface area contributed by atoms with Crippen LogP contribution in [0.5, 0.6) is 0 Å². The third kappa shape index (κ3) is 5.84. The van der Waals surface area contributed by atoms with Crippen molar-refractivity contribution in [3.05, 3.63) is 104 Å². The van der Waals surface area contributed by atoms with Crippen molar-refractivity contribution in [2.24, 2.45) is 0 Å². The molecule has 0 bridgehead atoms. The van der Waals surface area contributed by atoms with E-state index in [9.17, 15) is 4.79 Å². The van der Waals surface area contributed by atoms with Gasteiger partial charge in [-0.1, -0.05) is 65.1 Å². The Balaban J connectivity index is 1.25. The van der Waals surface area contributed by atoms with Gasteiger partial charge in [0.1, 0.15) is 0 Å². The molecule has 4 nitrogen and oxygen atoms in total. The third-order valence-corrected chi connectivity index (χ3v) is 8.81. The maximum atomic E-state index is 13.1. The van der Waals surface area contributed by atoms with Gasteiger partial charge in [-0.05, 0) is 78.9 Å². The molecule has 0 radical (unpaired) electrons. The maximum Gasteiger partial charge on any atom is 0.253 e. The van der Waals surface area contributed by atoms with Crippen LogP contribution in [0.15, 0.2) is 66.7 Å². The average Bonchev–Trinajstić information content (AvgIpc) is 3.27. The highest BCUT2D eigenvalue weighted by Gasteiger charge is 2.42. The summed E-state index contributed by atoms with van der Waals surface area (Å²) in [6.07, 6.45) is 2.90. The number of nitrogens with zero attached hydrogens (tertiary/aromatic N) is 2. The number of likely N-dealkylation sites (tertiary alicyclic amines) is 1. The van der Waals surface area contributed by atoms with Crippen LogP contribution in [0, 0.1) is 0 Å². The van der Waals surface area contributed by atoms with Crippen molar-refractivity contribution in [1.29, 1.82) is 0 Å². The molecule has 1 atom stereocenters. The highest BCUT2D eigenvalue weighted by molar-refractivity contribution is 6.42. The number of likely N-dealkylation sites (N-methyl/N-ethyl adjacent to an activating group) is 1. The van der Waals surface area contributed by atoms with Gasteiger partial charge in [-0.15, -0.1) is 0 Å². The number of piperidine rings is 1. The van der Waals surface area contributed by atoms with E-state index < -0.39 is 0 Å².